The second kappa shape index (κ2) is 8.23. The number of carbonyl (C=O) groups is 2. The summed E-state index contributed by atoms with van der Waals surface area (Å²) in [7, 11) is 0. The Kier molecular flexibility index (Phi) is 6.26. The van der Waals surface area contributed by atoms with Gasteiger partial charge in [0.2, 0.25) is 0 Å². The maximum absolute atomic E-state index is 12.7. The van der Waals surface area contributed by atoms with E-state index >= 15 is 0 Å². The summed E-state index contributed by atoms with van der Waals surface area (Å²) in [4.78, 5) is 23.9. The normalized spacial score (nSPS) is 12.3. The van der Waals surface area contributed by atoms with Crippen LogP contribution < -0.4 is 5.32 Å². The van der Waals surface area contributed by atoms with Crippen LogP contribution in [0.3, 0.4) is 0 Å². The zero-order valence-electron chi connectivity index (χ0n) is 13.6. The van der Waals surface area contributed by atoms with Gasteiger partial charge in [-0.05, 0) is 42.8 Å². The van der Waals surface area contributed by atoms with E-state index < -0.39 is 29.7 Å². The highest BCUT2D eigenvalue weighted by Gasteiger charge is 2.30. The number of hydrogen-bond donors (Lipinski definition) is 1. The Morgan fingerprint density at radius 1 is 1.15 bits per heavy atom. The van der Waals surface area contributed by atoms with Gasteiger partial charge in [0, 0.05) is 10.7 Å². The molecule has 138 valence electrons. The number of anilines is 1. The zero-order valence-corrected chi connectivity index (χ0v) is 14.4. The van der Waals surface area contributed by atoms with Crippen molar-refractivity contribution in [2.45, 2.75) is 25.6 Å². The molecule has 2 aromatic carbocycles. The molecule has 1 unspecified atom stereocenters. The van der Waals surface area contributed by atoms with E-state index in [1.54, 1.807) is 24.3 Å². The van der Waals surface area contributed by atoms with Crippen LogP contribution >= 0.6 is 11.6 Å². The fourth-order valence-corrected chi connectivity index (χ4v) is 2.20. The fraction of sp³-hybridized carbons (Fsp3) is 0.222. The molecule has 2 rings (SSSR count). The molecule has 0 bridgehead atoms. The predicted octanol–water partition coefficient (Wildman–Crippen LogP) is 4.47. The molecule has 0 aliphatic rings. The predicted molar refractivity (Wildman–Crippen MR) is 90.8 cm³/mol. The van der Waals surface area contributed by atoms with Crippen molar-refractivity contribution < 1.29 is 27.5 Å². The first kappa shape index (κ1) is 19.8. The van der Waals surface area contributed by atoms with Crippen LogP contribution in [-0.4, -0.2) is 18.0 Å². The minimum Gasteiger partial charge on any atom is -0.452 e. The number of halogens is 4. The number of hydrogen-bond acceptors (Lipinski definition) is 3. The van der Waals surface area contributed by atoms with Crippen molar-refractivity contribution in [3.05, 3.63) is 64.7 Å². The van der Waals surface area contributed by atoms with E-state index in [1.807, 2.05) is 0 Å². The number of benzene rings is 2. The molecule has 0 aromatic heterocycles. The summed E-state index contributed by atoms with van der Waals surface area (Å²) < 4.78 is 43.0. The molecule has 0 aliphatic heterocycles. The quantitative estimate of drug-likeness (QED) is 0.772. The number of ether oxygens (including phenoxy) is 1. The number of esters is 1. The number of alkyl halides is 3. The lowest BCUT2D eigenvalue weighted by atomic mass is 10.1. The van der Waals surface area contributed by atoms with Gasteiger partial charge in [0.05, 0.1) is 12.0 Å². The van der Waals surface area contributed by atoms with Gasteiger partial charge in [-0.2, -0.15) is 13.2 Å². The highest BCUT2D eigenvalue weighted by atomic mass is 35.5. The van der Waals surface area contributed by atoms with Crippen LogP contribution in [0.4, 0.5) is 18.9 Å². The third kappa shape index (κ3) is 5.77. The molecule has 1 N–H and O–H groups in total. The van der Waals surface area contributed by atoms with Gasteiger partial charge in [0.25, 0.3) is 5.91 Å². The minimum atomic E-state index is -4.52. The molecule has 4 nitrogen and oxygen atoms in total. The fourth-order valence-electron chi connectivity index (χ4n) is 2.08. The molecular weight excluding hydrogens is 371 g/mol. The van der Waals surface area contributed by atoms with Gasteiger partial charge in [-0.1, -0.05) is 29.8 Å². The van der Waals surface area contributed by atoms with E-state index in [9.17, 15) is 22.8 Å². The summed E-state index contributed by atoms with van der Waals surface area (Å²) in [6, 6.07) is 10.7. The lowest BCUT2D eigenvalue weighted by Crippen LogP contribution is -2.30. The van der Waals surface area contributed by atoms with Gasteiger partial charge < -0.3 is 10.1 Å². The maximum Gasteiger partial charge on any atom is 0.416 e. The monoisotopic (exact) mass is 385 g/mol. The Balaban J connectivity index is 1.93. The average Bonchev–Trinajstić information content (AvgIpc) is 2.56. The lowest BCUT2D eigenvalue weighted by molar-refractivity contribution is -0.152. The lowest BCUT2D eigenvalue weighted by Gasteiger charge is -2.14. The number of carbonyl (C=O) groups excluding carboxylic acids is 2. The third-order valence-corrected chi connectivity index (χ3v) is 3.65. The van der Waals surface area contributed by atoms with Crippen LogP contribution in [0.2, 0.25) is 5.02 Å². The van der Waals surface area contributed by atoms with E-state index in [1.165, 1.54) is 19.1 Å². The molecule has 0 fully saturated rings. The van der Waals surface area contributed by atoms with Crippen molar-refractivity contribution in [3.8, 4) is 0 Å². The summed E-state index contributed by atoms with van der Waals surface area (Å²) in [6.07, 6.45) is -5.74. The zero-order chi connectivity index (χ0) is 19.3. The first-order valence-corrected chi connectivity index (χ1v) is 7.95. The summed E-state index contributed by atoms with van der Waals surface area (Å²) in [5.74, 6) is -1.37. The van der Waals surface area contributed by atoms with Gasteiger partial charge in [-0.3, -0.25) is 9.59 Å². The highest BCUT2D eigenvalue weighted by molar-refractivity contribution is 6.30. The molecule has 8 heteroatoms. The van der Waals surface area contributed by atoms with Crippen molar-refractivity contribution >= 4 is 29.2 Å². The van der Waals surface area contributed by atoms with Gasteiger partial charge in [0.1, 0.15) is 0 Å². The van der Waals surface area contributed by atoms with Crippen molar-refractivity contribution in [1.29, 1.82) is 0 Å². The smallest absolute Gasteiger partial charge is 0.416 e. The minimum absolute atomic E-state index is 0.0366. The van der Waals surface area contributed by atoms with Crippen molar-refractivity contribution in [1.82, 2.24) is 0 Å². The summed E-state index contributed by atoms with van der Waals surface area (Å²) >= 11 is 5.75. The topological polar surface area (TPSA) is 55.4 Å². The van der Waals surface area contributed by atoms with E-state index in [2.05, 4.69) is 5.32 Å². The SMILES string of the molecule is CC(OC(=O)Cc1ccc(Cl)cc1)C(=O)Nc1cccc(C(F)(F)F)c1. The Bertz CT molecular complexity index is 791. The standard InChI is InChI=1S/C18H15ClF3NO3/c1-11(26-16(24)9-12-5-7-14(19)8-6-12)17(25)23-15-4-2-3-13(10-15)18(20,21)22/h2-8,10-11H,9H2,1H3,(H,23,25). The van der Waals surface area contributed by atoms with Crippen molar-refractivity contribution in [2.24, 2.45) is 0 Å². The number of amides is 1. The Morgan fingerprint density at radius 2 is 1.81 bits per heavy atom. The maximum atomic E-state index is 12.7. The van der Waals surface area contributed by atoms with Gasteiger partial charge >= 0.3 is 12.1 Å². The molecule has 0 aliphatic carbocycles. The van der Waals surface area contributed by atoms with Crippen LogP contribution in [0.25, 0.3) is 0 Å². The van der Waals surface area contributed by atoms with Gasteiger partial charge in [-0.25, -0.2) is 0 Å². The van der Waals surface area contributed by atoms with Crippen LogP contribution in [0.1, 0.15) is 18.1 Å². The van der Waals surface area contributed by atoms with Crippen LogP contribution in [0.15, 0.2) is 48.5 Å². The van der Waals surface area contributed by atoms with Crippen LogP contribution in [0, 0.1) is 0 Å². The van der Waals surface area contributed by atoms with Crippen LogP contribution in [0.5, 0.6) is 0 Å². The van der Waals surface area contributed by atoms with E-state index in [4.69, 9.17) is 16.3 Å². The van der Waals surface area contributed by atoms with E-state index in [0.29, 0.717) is 10.6 Å². The van der Waals surface area contributed by atoms with E-state index in [-0.39, 0.29) is 12.1 Å². The second-order valence-electron chi connectivity index (χ2n) is 5.50. The average molecular weight is 386 g/mol. The first-order valence-electron chi connectivity index (χ1n) is 7.57. The Hall–Kier alpha value is -2.54. The third-order valence-electron chi connectivity index (χ3n) is 3.40. The molecule has 1 atom stereocenters. The molecule has 0 spiro atoms. The molecule has 0 radical (unpaired) electrons. The van der Waals surface area contributed by atoms with Gasteiger partial charge in [0.15, 0.2) is 6.10 Å². The number of rotatable bonds is 5. The van der Waals surface area contributed by atoms with Gasteiger partial charge in [-0.15, -0.1) is 0 Å². The molecule has 0 saturated carbocycles. The number of nitrogens with one attached hydrogen (secondary N) is 1. The Morgan fingerprint density at radius 3 is 2.42 bits per heavy atom. The van der Waals surface area contributed by atoms with E-state index in [0.717, 1.165) is 12.1 Å². The highest BCUT2D eigenvalue weighted by Crippen LogP contribution is 2.30. The largest absolute Gasteiger partial charge is 0.452 e. The Labute approximate surface area is 152 Å². The molecule has 26 heavy (non-hydrogen) atoms. The summed E-state index contributed by atoms with van der Waals surface area (Å²) in [5.41, 5.74) is -0.266. The molecule has 1 amide bonds. The van der Waals surface area contributed by atoms with Crippen LogP contribution in [-0.2, 0) is 26.9 Å². The molecule has 0 heterocycles. The molecule has 0 saturated heterocycles. The summed E-state index contributed by atoms with van der Waals surface area (Å²) in [5, 5.41) is 2.82. The molecular formula is C18H15ClF3NO3. The van der Waals surface area contributed by atoms with Crippen molar-refractivity contribution in [3.63, 3.8) is 0 Å². The molecule has 2 aromatic rings. The van der Waals surface area contributed by atoms with Crippen molar-refractivity contribution in [2.75, 3.05) is 5.32 Å². The second-order valence-corrected chi connectivity index (χ2v) is 5.94. The summed E-state index contributed by atoms with van der Waals surface area (Å²) in [6.45, 7) is 1.34. The first-order chi connectivity index (χ1) is 12.1.